The second kappa shape index (κ2) is 5.68. The number of hydrogen-bond acceptors (Lipinski definition) is 3. The van der Waals surface area contributed by atoms with Crippen molar-refractivity contribution in [1.29, 1.82) is 0 Å². The highest BCUT2D eigenvalue weighted by atomic mass is 16.1. The summed E-state index contributed by atoms with van der Waals surface area (Å²) in [5.41, 5.74) is 4.00. The van der Waals surface area contributed by atoms with E-state index >= 15 is 0 Å². The van der Waals surface area contributed by atoms with Gasteiger partial charge in [0.1, 0.15) is 0 Å². The molecule has 0 radical (unpaired) electrons. The SMILES string of the molecule is O=C(/C=C/c1ccc2cn[nH]c2n1)NC1CCc2ccccc21. The third-order valence-corrected chi connectivity index (χ3v) is 4.18. The Kier molecular flexibility index (Phi) is 3.38. The molecule has 1 amide bonds. The van der Waals surface area contributed by atoms with Crippen LogP contribution in [0.25, 0.3) is 17.1 Å². The second-order valence-electron chi connectivity index (χ2n) is 5.68. The first kappa shape index (κ1) is 13.7. The monoisotopic (exact) mass is 304 g/mol. The third kappa shape index (κ3) is 2.73. The van der Waals surface area contributed by atoms with Gasteiger partial charge in [0.25, 0.3) is 0 Å². The van der Waals surface area contributed by atoms with Crippen molar-refractivity contribution in [3.05, 3.63) is 65.5 Å². The first-order valence-electron chi connectivity index (χ1n) is 7.66. The smallest absolute Gasteiger partial charge is 0.244 e. The largest absolute Gasteiger partial charge is 0.346 e. The molecule has 0 fully saturated rings. The van der Waals surface area contributed by atoms with Crippen molar-refractivity contribution in [2.45, 2.75) is 18.9 Å². The number of H-pyrrole nitrogens is 1. The number of pyridine rings is 1. The number of rotatable bonds is 3. The van der Waals surface area contributed by atoms with Crippen molar-refractivity contribution >= 4 is 23.0 Å². The van der Waals surface area contributed by atoms with Gasteiger partial charge in [-0.1, -0.05) is 24.3 Å². The number of aromatic nitrogens is 3. The van der Waals surface area contributed by atoms with Crippen LogP contribution in [-0.2, 0) is 11.2 Å². The number of carbonyl (C=O) groups excluding carboxylic acids is 1. The minimum absolute atomic E-state index is 0.0989. The summed E-state index contributed by atoms with van der Waals surface area (Å²) in [5.74, 6) is -0.0989. The highest BCUT2D eigenvalue weighted by molar-refractivity contribution is 5.92. The molecule has 2 aromatic heterocycles. The predicted octanol–water partition coefficient (Wildman–Crippen LogP) is 2.77. The van der Waals surface area contributed by atoms with Gasteiger partial charge < -0.3 is 5.32 Å². The molecule has 1 atom stereocenters. The number of nitrogens with one attached hydrogen (secondary N) is 2. The van der Waals surface area contributed by atoms with Gasteiger partial charge in [-0.15, -0.1) is 0 Å². The zero-order chi connectivity index (χ0) is 15.6. The number of nitrogens with zero attached hydrogens (tertiary/aromatic N) is 2. The van der Waals surface area contributed by atoms with Crippen LogP contribution in [0.4, 0.5) is 0 Å². The minimum atomic E-state index is -0.0989. The number of aryl methyl sites for hydroxylation is 1. The zero-order valence-corrected chi connectivity index (χ0v) is 12.5. The topological polar surface area (TPSA) is 70.7 Å². The van der Waals surface area contributed by atoms with E-state index in [0.29, 0.717) is 0 Å². The van der Waals surface area contributed by atoms with Crippen LogP contribution in [0.5, 0.6) is 0 Å². The van der Waals surface area contributed by atoms with Gasteiger partial charge in [0.15, 0.2) is 5.65 Å². The Morgan fingerprint density at radius 2 is 2.17 bits per heavy atom. The quantitative estimate of drug-likeness (QED) is 0.731. The van der Waals surface area contributed by atoms with Crippen molar-refractivity contribution < 1.29 is 4.79 Å². The average molecular weight is 304 g/mol. The maximum absolute atomic E-state index is 12.1. The molecule has 114 valence electrons. The van der Waals surface area contributed by atoms with E-state index in [1.807, 2.05) is 24.3 Å². The van der Waals surface area contributed by atoms with Crippen LogP contribution in [0.2, 0.25) is 0 Å². The first-order chi connectivity index (χ1) is 11.3. The highest BCUT2D eigenvalue weighted by Crippen LogP contribution is 2.30. The van der Waals surface area contributed by atoms with Gasteiger partial charge in [-0.2, -0.15) is 5.10 Å². The summed E-state index contributed by atoms with van der Waals surface area (Å²) in [7, 11) is 0. The fourth-order valence-corrected chi connectivity index (χ4v) is 3.02. The van der Waals surface area contributed by atoms with Crippen molar-refractivity contribution in [2.75, 3.05) is 0 Å². The van der Waals surface area contributed by atoms with Crippen molar-refractivity contribution in [2.24, 2.45) is 0 Å². The Labute approximate surface area is 133 Å². The summed E-state index contributed by atoms with van der Waals surface area (Å²) in [4.78, 5) is 16.5. The van der Waals surface area contributed by atoms with Gasteiger partial charge in [0.2, 0.25) is 5.91 Å². The molecule has 0 saturated heterocycles. The van der Waals surface area contributed by atoms with Crippen molar-refractivity contribution in [3.8, 4) is 0 Å². The van der Waals surface area contributed by atoms with Gasteiger partial charge in [-0.25, -0.2) is 4.98 Å². The Morgan fingerprint density at radius 1 is 1.26 bits per heavy atom. The van der Waals surface area contributed by atoms with E-state index in [1.165, 1.54) is 17.2 Å². The maximum Gasteiger partial charge on any atom is 0.244 e. The molecule has 1 aliphatic rings. The molecule has 5 heteroatoms. The molecule has 1 aromatic carbocycles. The number of amides is 1. The number of hydrogen-bond donors (Lipinski definition) is 2. The van der Waals surface area contributed by atoms with Crippen LogP contribution in [0.15, 0.2) is 48.7 Å². The molecule has 1 aliphatic carbocycles. The summed E-state index contributed by atoms with van der Waals surface area (Å²) in [5, 5.41) is 10.8. The molecular weight excluding hydrogens is 288 g/mol. The average Bonchev–Trinajstić information content (AvgIpc) is 3.20. The van der Waals surface area contributed by atoms with E-state index in [-0.39, 0.29) is 11.9 Å². The lowest BCUT2D eigenvalue weighted by Gasteiger charge is -2.12. The number of carbonyl (C=O) groups is 1. The van der Waals surface area contributed by atoms with Gasteiger partial charge in [0.05, 0.1) is 17.9 Å². The van der Waals surface area contributed by atoms with Crippen LogP contribution < -0.4 is 5.32 Å². The van der Waals surface area contributed by atoms with Crippen molar-refractivity contribution in [1.82, 2.24) is 20.5 Å². The Hall–Kier alpha value is -2.95. The predicted molar refractivity (Wildman–Crippen MR) is 88.6 cm³/mol. The Morgan fingerprint density at radius 3 is 3.13 bits per heavy atom. The first-order valence-corrected chi connectivity index (χ1v) is 7.66. The minimum Gasteiger partial charge on any atom is -0.346 e. The molecule has 2 N–H and O–H groups in total. The molecule has 0 bridgehead atoms. The lowest BCUT2D eigenvalue weighted by atomic mass is 10.1. The van der Waals surface area contributed by atoms with Crippen LogP contribution in [0.1, 0.15) is 29.3 Å². The zero-order valence-electron chi connectivity index (χ0n) is 12.5. The molecule has 1 unspecified atom stereocenters. The summed E-state index contributed by atoms with van der Waals surface area (Å²) >= 11 is 0. The molecule has 5 nitrogen and oxygen atoms in total. The van der Waals surface area contributed by atoms with Crippen LogP contribution >= 0.6 is 0 Å². The van der Waals surface area contributed by atoms with E-state index in [2.05, 4.69) is 32.6 Å². The lowest BCUT2D eigenvalue weighted by Crippen LogP contribution is -2.25. The third-order valence-electron chi connectivity index (χ3n) is 4.18. The van der Waals surface area contributed by atoms with E-state index in [0.717, 1.165) is 29.6 Å². The van der Waals surface area contributed by atoms with Gasteiger partial charge >= 0.3 is 0 Å². The molecule has 2 heterocycles. The molecule has 0 aliphatic heterocycles. The number of aromatic amines is 1. The van der Waals surface area contributed by atoms with E-state index in [1.54, 1.807) is 12.3 Å². The molecule has 0 saturated carbocycles. The Balaban J connectivity index is 1.46. The number of fused-ring (bicyclic) bond motifs is 2. The fourth-order valence-electron chi connectivity index (χ4n) is 3.02. The van der Waals surface area contributed by atoms with Gasteiger partial charge in [-0.3, -0.25) is 9.89 Å². The summed E-state index contributed by atoms with van der Waals surface area (Å²) in [6, 6.07) is 12.2. The highest BCUT2D eigenvalue weighted by Gasteiger charge is 2.22. The number of benzene rings is 1. The lowest BCUT2D eigenvalue weighted by molar-refractivity contribution is -0.117. The molecule has 3 aromatic rings. The fraction of sp³-hybridized carbons (Fsp3) is 0.167. The molecule has 4 rings (SSSR count). The van der Waals surface area contributed by atoms with Gasteiger partial charge in [0, 0.05) is 11.5 Å². The van der Waals surface area contributed by atoms with E-state index < -0.39 is 0 Å². The summed E-state index contributed by atoms with van der Waals surface area (Å²) < 4.78 is 0. The van der Waals surface area contributed by atoms with Crippen LogP contribution in [0.3, 0.4) is 0 Å². The molecular formula is C18H16N4O. The van der Waals surface area contributed by atoms with Crippen LogP contribution in [0, 0.1) is 0 Å². The second-order valence-corrected chi connectivity index (χ2v) is 5.68. The molecule has 0 spiro atoms. The van der Waals surface area contributed by atoms with Gasteiger partial charge in [-0.05, 0) is 42.2 Å². The van der Waals surface area contributed by atoms with Crippen molar-refractivity contribution in [3.63, 3.8) is 0 Å². The van der Waals surface area contributed by atoms with E-state index in [9.17, 15) is 4.79 Å². The summed E-state index contributed by atoms with van der Waals surface area (Å²) in [6.07, 6.45) is 6.95. The van der Waals surface area contributed by atoms with E-state index in [4.69, 9.17) is 0 Å². The summed E-state index contributed by atoms with van der Waals surface area (Å²) in [6.45, 7) is 0. The van der Waals surface area contributed by atoms with Crippen LogP contribution in [-0.4, -0.2) is 21.1 Å². The standard InChI is InChI=1S/C18H16N4O/c23-17(21-16-9-6-12-3-1-2-4-15(12)16)10-8-14-7-5-13-11-19-22-18(13)20-14/h1-5,7-8,10-11,16H,6,9H2,(H,21,23)(H,19,20,22)/b10-8+. The molecule has 23 heavy (non-hydrogen) atoms. The maximum atomic E-state index is 12.1. The normalized spacial score (nSPS) is 16.8. The Bertz CT molecular complexity index is 897.